The van der Waals surface area contributed by atoms with Crippen LogP contribution in [-0.4, -0.2) is 18.4 Å². The van der Waals surface area contributed by atoms with Crippen LogP contribution in [0.2, 0.25) is 0 Å². The number of aryl methyl sites for hydroxylation is 2. The minimum Gasteiger partial charge on any atom is -0.343 e. The minimum absolute atomic E-state index is 0.0529. The Morgan fingerprint density at radius 1 is 0.957 bits per heavy atom. The van der Waals surface area contributed by atoms with Crippen LogP contribution in [0.25, 0.3) is 0 Å². The van der Waals surface area contributed by atoms with Gasteiger partial charge in [0.1, 0.15) is 0 Å². The van der Waals surface area contributed by atoms with E-state index in [-0.39, 0.29) is 12.1 Å². The number of carbonyl (C=O) groups is 2. The second-order valence-corrected chi connectivity index (χ2v) is 5.16. The maximum absolute atomic E-state index is 13.1. The molecule has 0 spiro atoms. The molecule has 0 bridgehead atoms. The Morgan fingerprint density at radius 2 is 1.70 bits per heavy atom. The molecule has 120 valence electrons. The number of halogens is 2. The standard InChI is InChI=1S/C17H16F2N2O2/c1-10-3-5-13(7-11(10)2)21-16(22)9-20-17(23)12-4-6-14(18)15(19)8-12/h3-8H,9H2,1-2H3,(H,20,23)(H,21,22). The molecule has 0 aliphatic heterocycles. The van der Waals surface area contributed by atoms with Gasteiger partial charge in [0.15, 0.2) is 11.6 Å². The Kier molecular flexibility index (Phi) is 5.05. The summed E-state index contributed by atoms with van der Waals surface area (Å²) in [4.78, 5) is 23.6. The smallest absolute Gasteiger partial charge is 0.251 e. The van der Waals surface area contributed by atoms with Gasteiger partial charge in [0.25, 0.3) is 5.91 Å². The van der Waals surface area contributed by atoms with Crippen LogP contribution in [0.15, 0.2) is 36.4 Å². The summed E-state index contributed by atoms with van der Waals surface area (Å²) in [6.07, 6.45) is 0. The van der Waals surface area contributed by atoms with E-state index in [1.165, 1.54) is 0 Å². The van der Waals surface area contributed by atoms with Crippen LogP contribution >= 0.6 is 0 Å². The molecule has 6 heteroatoms. The van der Waals surface area contributed by atoms with Crippen molar-refractivity contribution in [3.05, 3.63) is 64.7 Å². The van der Waals surface area contributed by atoms with Crippen LogP contribution in [0.3, 0.4) is 0 Å². The number of nitrogens with one attached hydrogen (secondary N) is 2. The van der Waals surface area contributed by atoms with E-state index in [1.54, 1.807) is 6.07 Å². The van der Waals surface area contributed by atoms with Crippen LogP contribution in [0, 0.1) is 25.5 Å². The summed E-state index contributed by atoms with van der Waals surface area (Å²) in [6, 6.07) is 8.26. The van der Waals surface area contributed by atoms with E-state index in [1.807, 2.05) is 26.0 Å². The van der Waals surface area contributed by atoms with Gasteiger partial charge in [0, 0.05) is 11.3 Å². The van der Waals surface area contributed by atoms with E-state index in [9.17, 15) is 18.4 Å². The highest BCUT2D eigenvalue weighted by Gasteiger charge is 2.11. The maximum atomic E-state index is 13.1. The number of carbonyl (C=O) groups excluding carboxylic acids is 2. The molecule has 0 heterocycles. The summed E-state index contributed by atoms with van der Waals surface area (Å²) in [5.74, 6) is -3.21. The Balaban J connectivity index is 1.91. The molecule has 0 atom stereocenters. The molecule has 0 radical (unpaired) electrons. The molecule has 23 heavy (non-hydrogen) atoms. The van der Waals surface area contributed by atoms with Crippen molar-refractivity contribution in [3.8, 4) is 0 Å². The van der Waals surface area contributed by atoms with E-state index in [4.69, 9.17) is 0 Å². The molecule has 0 saturated heterocycles. The number of rotatable bonds is 4. The van der Waals surface area contributed by atoms with Crippen LogP contribution < -0.4 is 10.6 Å². The number of hydrogen-bond acceptors (Lipinski definition) is 2. The summed E-state index contributed by atoms with van der Waals surface area (Å²) < 4.78 is 25.9. The Morgan fingerprint density at radius 3 is 2.35 bits per heavy atom. The third-order valence-corrected chi connectivity index (χ3v) is 3.38. The molecule has 2 rings (SSSR count). The third-order valence-electron chi connectivity index (χ3n) is 3.38. The van der Waals surface area contributed by atoms with Crippen LogP contribution in [0.5, 0.6) is 0 Å². The highest BCUT2D eigenvalue weighted by Crippen LogP contribution is 2.14. The van der Waals surface area contributed by atoms with Gasteiger partial charge in [-0.1, -0.05) is 6.07 Å². The molecule has 4 nitrogen and oxygen atoms in total. The lowest BCUT2D eigenvalue weighted by Crippen LogP contribution is -2.32. The lowest BCUT2D eigenvalue weighted by atomic mass is 10.1. The highest BCUT2D eigenvalue weighted by atomic mass is 19.2. The Bertz CT molecular complexity index is 760. The summed E-state index contributed by atoms with van der Waals surface area (Å²) >= 11 is 0. The first-order chi connectivity index (χ1) is 10.9. The van der Waals surface area contributed by atoms with E-state index in [0.717, 1.165) is 29.3 Å². The Labute approximate surface area is 132 Å². The first kappa shape index (κ1) is 16.6. The van der Waals surface area contributed by atoms with Gasteiger partial charge in [-0.15, -0.1) is 0 Å². The third kappa shape index (κ3) is 4.35. The molecule has 0 aliphatic rings. The van der Waals surface area contributed by atoms with E-state index < -0.39 is 23.4 Å². The number of anilines is 1. The average molecular weight is 318 g/mol. The quantitative estimate of drug-likeness (QED) is 0.910. The van der Waals surface area contributed by atoms with Crippen molar-refractivity contribution < 1.29 is 18.4 Å². The fourth-order valence-electron chi connectivity index (χ4n) is 1.92. The molecule has 2 aromatic carbocycles. The molecule has 0 unspecified atom stereocenters. The average Bonchev–Trinajstić information content (AvgIpc) is 2.51. The van der Waals surface area contributed by atoms with Gasteiger partial charge in [0.2, 0.25) is 5.91 Å². The van der Waals surface area contributed by atoms with Gasteiger partial charge in [-0.3, -0.25) is 9.59 Å². The summed E-state index contributed by atoms with van der Waals surface area (Å²) in [5.41, 5.74) is 2.71. The fourth-order valence-corrected chi connectivity index (χ4v) is 1.92. The Hall–Kier alpha value is -2.76. The summed E-state index contributed by atoms with van der Waals surface area (Å²) in [7, 11) is 0. The lowest BCUT2D eigenvalue weighted by Gasteiger charge is -2.09. The van der Waals surface area contributed by atoms with Crippen molar-refractivity contribution in [1.82, 2.24) is 5.32 Å². The second kappa shape index (κ2) is 7.00. The monoisotopic (exact) mass is 318 g/mol. The van der Waals surface area contributed by atoms with Gasteiger partial charge in [-0.2, -0.15) is 0 Å². The van der Waals surface area contributed by atoms with Crippen molar-refractivity contribution >= 4 is 17.5 Å². The van der Waals surface area contributed by atoms with Crippen LogP contribution in [-0.2, 0) is 4.79 Å². The molecule has 2 aromatic rings. The minimum atomic E-state index is -1.11. The first-order valence-corrected chi connectivity index (χ1v) is 6.97. The van der Waals surface area contributed by atoms with Crippen LogP contribution in [0.4, 0.5) is 14.5 Å². The molecular weight excluding hydrogens is 302 g/mol. The van der Waals surface area contributed by atoms with Gasteiger partial charge in [-0.25, -0.2) is 8.78 Å². The van der Waals surface area contributed by atoms with Crippen LogP contribution in [0.1, 0.15) is 21.5 Å². The molecular formula is C17H16F2N2O2. The van der Waals surface area contributed by atoms with E-state index in [2.05, 4.69) is 10.6 Å². The molecule has 2 amide bonds. The normalized spacial score (nSPS) is 10.3. The van der Waals surface area contributed by atoms with Gasteiger partial charge in [-0.05, 0) is 55.3 Å². The zero-order valence-corrected chi connectivity index (χ0v) is 12.7. The molecule has 0 saturated carbocycles. The topological polar surface area (TPSA) is 58.2 Å². The molecule has 0 aromatic heterocycles. The van der Waals surface area contributed by atoms with Gasteiger partial charge in [0.05, 0.1) is 6.54 Å². The van der Waals surface area contributed by atoms with E-state index >= 15 is 0 Å². The maximum Gasteiger partial charge on any atom is 0.251 e. The first-order valence-electron chi connectivity index (χ1n) is 6.97. The SMILES string of the molecule is Cc1ccc(NC(=O)CNC(=O)c2ccc(F)c(F)c2)cc1C. The van der Waals surface area contributed by atoms with Crippen molar-refractivity contribution in [3.63, 3.8) is 0 Å². The van der Waals surface area contributed by atoms with Crippen molar-refractivity contribution in [1.29, 1.82) is 0 Å². The van der Waals surface area contributed by atoms with Crippen molar-refractivity contribution in [2.75, 3.05) is 11.9 Å². The molecule has 0 fully saturated rings. The van der Waals surface area contributed by atoms with Gasteiger partial charge < -0.3 is 10.6 Å². The zero-order chi connectivity index (χ0) is 17.0. The van der Waals surface area contributed by atoms with Gasteiger partial charge >= 0.3 is 0 Å². The summed E-state index contributed by atoms with van der Waals surface area (Å²) in [6.45, 7) is 3.61. The van der Waals surface area contributed by atoms with E-state index in [0.29, 0.717) is 5.69 Å². The molecule has 0 aliphatic carbocycles. The van der Waals surface area contributed by atoms with Crippen molar-refractivity contribution in [2.24, 2.45) is 0 Å². The highest BCUT2D eigenvalue weighted by molar-refractivity contribution is 5.99. The zero-order valence-electron chi connectivity index (χ0n) is 12.7. The number of hydrogen-bond donors (Lipinski definition) is 2. The summed E-state index contributed by atoms with van der Waals surface area (Å²) in [5, 5.41) is 5.00. The fraction of sp³-hybridized carbons (Fsp3) is 0.176. The predicted octanol–water partition coefficient (Wildman–Crippen LogP) is 2.95. The van der Waals surface area contributed by atoms with Crippen molar-refractivity contribution in [2.45, 2.75) is 13.8 Å². The largest absolute Gasteiger partial charge is 0.343 e. The number of amides is 2. The number of benzene rings is 2. The predicted molar refractivity (Wildman–Crippen MR) is 83.2 cm³/mol. The molecule has 2 N–H and O–H groups in total. The lowest BCUT2D eigenvalue weighted by molar-refractivity contribution is -0.115. The second-order valence-electron chi connectivity index (χ2n) is 5.16.